The van der Waals surface area contributed by atoms with Gasteiger partial charge < -0.3 is 9.80 Å². The Bertz CT molecular complexity index is 1580. The van der Waals surface area contributed by atoms with Gasteiger partial charge in [-0.25, -0.2) is 8.42 Å². The zero-order valence-corrected chi connectivity index (χ0v) is 22.6. The molecular formula is C30H31N5O3S. The molecule has 0 radical (unpaired) electrons. The first-order valence-corrected chi connectivity index (χ1v) is 14.9. The molecule has 2 aliphatic heterocycles. The van der Waals surface area contributed by atoms with Crippen LogP contribution in [0.4, 0.5) is 5.82 Å². The summed E-state index contributed by atoms with van der Waals surface area (Å²) in [6.45, 7) is 3.53. The minimum atomic E-state index is -3.51. The second kappa shape index (κ2) is 10.7. The molecule has 0 unspecified atom stereocenters. The van der Waals surface area contributed by atoms with E-state index in [1.165, 1.54) is 10.8 Å². The van der Waals surface area contributed by atoms with E-state index in [4.69, 9.17) is 0 Å². The van der Waals surface area contributed by atoms with Crippen molar-refractivity contribution < 1.29 is 13.2 Å². The van der Waals surface area contributed by atoms with E-state index in [0.29, 0.717) is 44.8 Å². The normalized spacial score (nSPS) is 16.9. The van der Waals surface area contributed by atoms with Gasteiger partial charge in [-0.2, -0.15) is 4.31 Å². The van der Waals surface area contributed by atoms with E-state index in [1.54, 1.807) is 28.6 Å². The van der Waals surface area contributed by atoms with Crippen molar-refractivity contribution in [1.29, 1.82) is 0 Å². The maximum atomic E-state index is 13.1. The number of piperidine rings is 1. The lowest BCUT2D eigenvalue weighted by molar-refractivity contribution is 0.0746. The minimum Gasteiger partial charge on any atom is -0.352 e. The average molecular weight is 542 g/mol. The molecule has 2 fully saturated rings. The number of benzene rings is 3. The van der Waals surface area contributed by atoms with E-state index < -0.39 is 10.0 Å². The van der Waals surface area contributed by atoms with Crippen LogP contribution in [0.3, 0.4) is 0 Å². The van der Waals surface area contributed by atoms with Crippen molar-refractivity contribution in [3.63, 3.8) is 0 Å². The number of piperazine rings is 1. The molecule has 9 heteroatoms. The van der Waals surface area contributed by atoms with Gasteiger partial charge in [0, 0.05) is 50.4 Å². The lowest BCUT2D eigenvalue weighted by Crippen LogP contribution is -2.49. The second-order valence-corrected chi connectivity index (χ2v) is 12.0. The van der Waals surface area contributed by atoms with Crippen LogP contribution in [0.25, 0.3) is 22.0 Å². The number of fused-ring (bicyclic) bond motifs is 1. The molecule has 4 aromatic rings. The number of amides is 1. The Morgan fingerprint density at radius 2 is 1.41 bits per heavy atom. The number of aromatic nitrogens is 2. The summed E-state index contributed by atoms with van der Waals surface area (Å²) < 4.78 is 27.4. The predicted octanol–water partition coefficient (Wildman–Crippen LogP) is 4.43. The van der Waals surface area contributed by atoms with Crippen molar-refractivity contribution in [2.24, 2.45) is 0 Å². The average Bonchev–Trinajstić information content (AvgIpc) is 3.01. The Hall–Kier alpha value is -3.82. The molecule has 0 bridgehead atoms. The molecule has 0 aliphatic carbocycles. The van der Waals surface area contributed by atoms with Gasteiger partial charge in [0.15, 0.2) is 5.82 Å². The van der Waals surface area contributed by atoms with Crippen LogP contribution in [0.2, 0.25) is 0 Å². The van der Waals surface area contributed by atoms with Crippen LogP contribution in [0.5, 0.6) is 0 Å². The molecule has 3 aromatic carbocycles. The van der Waals surface area contributed by atoms with Crippen LogP contribution in [0, 0.1) is 0 Å². The van der Waals surface area contributed by atoms with E-state index in [9.17, 15) is 13.2 Å². The van der Waals surface area contributed by atoms with E-state index >= 15 is 0 Å². The maximum absolute atomic E-state index is 13.1. The first-order valence-electron chi connectivity index (χ1n) is 13.5. The Labute approximate surface area is 228 Å². The van der Waals surface area contributed by atoms with Gasteiger partial charge in [-0.3, -0.25) is 4.79 Å². The summed E-state index contributed by atoms with van der Waals surface area (Å²) in [6.07, 6.45) is 2.85. The van der Waals surface area contributed by atoms with Crippen molar-refractivity contribution in [2.75, 3.05) is 44.2 Å². The predicted molar refractivity (Wildman–Crippen MR) is 152 cm³/mol. The SMILES string of the molecule is O=C(c1ccc(S(=O)(=O)N2CCCCC2)cc1)N1CCN(c2ccc(-c3ccc4ccccc4c3)nn2)CC1. The summed E-state index contributed by atoms with van der Waals surface area (Å²) >= 11 is 0. The highest BCUT2D eigenvalue weighted by Gasteiger charge is 2.27. The fraction of sp³-hybridized carbons (Fsp3) is 0.300. The molecule has 6 rings (SSSR count). The number of sulfonamides is 1. The highest BCUT2D eigenvalue weighted by molar-refractivity contribution is 7.89. The standard InChI is InChI=1S/C30H31N5O3S/c36-30(24-10-12-27(13-11-24)39(37,38)35-16-4-1-5-17-35)34-20-18-33(19-21-34)29-15-14-28(31-32-29)26-9-8-23-6-2-3-7-25(23)22-26/h2-3,6-15,22H,1,4-5,16-21H2. The molecule has 1 aromatic heterocycles. The smallest absolute Gasteiger partial charge is 0.253 e. The number of rotatable bonds is 5. The largest absolute Gasteiger partial charge is 0.352 e. The molecular weight excluding hydrogens is 510 g/mol. The van der Waals surface area contributed by atoms with E-state index in [-0.39, 0.29) is 10.8 Å². The molecule has 0 spiro atoms. The number of hydrogen-bond acceptors (Lipinski definition) is 6. The van der Waals surface area contributed by atoms with Crippen molar-refractivity contribution in [3.8, 4) is 11.3 Å². The number of nitrogens with zero attached hydrogens (tertiary/aromatic N) is 5. The van der Waals surface area contributed by atoms with Crippen LogP contribution in [-0.2, 0) is 10.0 Å². The van der Waals surface area contributed by atoms with E-state index in [1.807, 2.05) is 29.2 Å². The fourth-order valence-electron chi connectivity index (χ4n) is 5.34. The lowest BCUT2D eigenvalue weighted by Gasteiger charge is -2.35. The van der Waals surface area contributed by atoms with Crippen LogP contribution in [-0.4, -0.2) is 73.0 Å². The monoisotopic (exact) mass is 541 g/mol. The maximum Gasteiger partial charge on any atom is 0.253 e. The van der Waals surface area contributed by atoms with Gasteiger partial charge in [-0.05, 0) is 66.1 Å². The first-order chi connectivity index (χ1) is 19.0. The highest BCUT2D eigenvalue weighted by Crippen LogP contribution is 2.25. The summed E-state index contributed by atoms with van der Waals surface area (Å²) in [6, 6.07) is 24.9. The summed E-state index contributed by atoms with van der Waals surface area (Å²) in [5.41, 5.74) is 2.35. The Kier molecular flexibility index (Phi) is 7.01. The molecule has 0 N–H and O–H groups in total. The van der Waals surface area contributed by atoms with Crippen LogP contribution in [0.15, 0.2) is 83.8 Å². The molecule has 2 saturated heterocycles. The molecule has 3 heterocycles. The molecule has 0 saturated carbocycles. The Balaban J connectivity index is 1.07. The van der Waals surface area contributed by atoms with Gasteiger partial charge in [0.1, 0.15) is 0 Å². The minimum absolute atomic E-state index is 0.0886. The summed E-state index contributed by atoms with van der Waals surface area (Å²) in [7, 11) is -3.51. The van der Waals surface area contributed by atoms with Gasteiger partial charge in [0.25, 0.3) is 5.91 Å². The Morgan fingerprint density at radius 3 is 2.10 bits per heavy atom. The van der Waals surface area contributed by atoms with Crippen LogP contribution >= 0.6 is 0 Å². The molecule has 0 atom stereocenters. The lowest BCUT2D eigenvalue weighted by atomic mass is 10.1. The molecule has 8 nitrogen and oxygen atoms in total. The Morgan fingerprint density at radius 1 is 0.692 bits per heavy atom. The third kappa shape index (κ3) is 5.24. The second-order valence-electron chi connectivity index (χ2n) is 10.1. The van der Waals surface area contributed by atoms with Crippen molar-refractivity contribution in [1.82, 2.24) is 19.4 Å². The summed E-state index contributed by atoms with van der Waals surface area (Å²) in [4.78, 5) is 17.3. The van der Waals surface area contributed by atoms with Gasteiger partial charge in [0.05, 0.1) is 10.6 Å². The van der Waals surface area contributed by atoms with Crippen molar-refractivity contribution in [2.45, 2.75) is 24.2 Å². The molecule has 1 amide bonds. The van der Waals surface area contributed by atoms with Gasteiger partial charge in [-0.15, -0.1) is 10.2 Å². The molecule has 200 valence electrons. The number of carbonyl (C=O) groups excluding carboxylic acids is 1. The zero-order chi connectivity index (χ0) is 26.8. The summed E-state index contributed by atoms with van der Waals surface area (Å²) in [5, 5.41) is 11.3. The van der Waals surface area contributed by atoms with E-state index in [0.717, 1.165) is 36.3 Å². The van der Waals surface area contributed by atoms with Gasteiger partial charge >= 0.3 is 0 Å². The van der Waals surface area contributed by atoms with Crippen LogP contribution < -0.4 is 4.90 Å². The third-order valence-corrected chi connectivity index (χ3v) is 9.55. The number of carbonyl (C=O) groups is 1. The topological polar surface area (TPSA) is 86.7 Å². The molecule has 39 heavy (non-hydrogen) atoms. The number of anilines is 1. The molecule has 2 aliphatic rings. The first kappa shape index (κ1) is 25.5. The van der Waals surface area contributed by atoms with Crippen LogP contribution in [0.1, 0.15) is 29.6 Å². The summed E-state index contributed by atoms with van der Waals surface area (Å²) in [5.74, 6) is 0.702. The highest BCUT2D eigenvalue weighted by atomic mass is 32.2. The number of hydrogen-bond donors (Lipinski definition) is 0. The quantitative estimate of drug-likeness (QED) is 0.372. The van der Waals surface area contributed by atoms with Gasteiger partial charge in [0.2, 0.25) is 10.0 Å². The van der Waals surface area contributed by atoms with Crippen molar-refractivity contribution in [3.05, 3.63) is 84.4 Å². The zero-order valence-electron chi connectivity index (χ0n) is 21.7. The van der Waals surface area contributed by atoms with Gasteiger partial charge in [-0.1, -0.05) is 42.8 Å². The fourth-order valence-corrected chi connectivity index (χ4v) is 6.86. The van der Waals surface area contributed by atoms with E-state index in [2.05, 4.69) is 45.4 Å². The third-order valence-electron chi connectivity index (χ3n) is 7.64. The van der Waals surface area contributed by atoms with Crippen molar-refractivity contribution >= 4 is 32.5 Å².